The van der Waals surface area contributed by atoms with Crippen molar-refractivity contribution >= 4 is 11.7 Å². The zero-order chi connectivity index (χ0) is 21.2. The lowest BCUT2D eigenvalue weighted by Gasteiger charge is -2.20. The maximum Gasteiger partial charge on any atom is 0.433 e. The molecule has 1 unspecified atom stereocenters. The number of nitrogens with one attached hydrogen (secondary N) is 1. The molecule has 1 N–H and O–H groups in total. The van der Waals surface area contributed by atoms with Crippen molar-refractivity contribution in [3.8, 4) is 5.75 Å². The van der Waals surface area contributed by atoms with Gasteiger partial charge in [0.2, 0.25) is 5.91 Å². The van der Waals surface area contributed by atoms with Gasteiger partial charge in [-0.1, -0.05) is 12.1 Å². The van der Waals surface area contributed by atoms with Crippen molar-refractivity contribution in [2.24, 2.45) is 0 Å². The standard InChI is InChI=1S/C20H21F4N3O2/c1-12(25-13(2)28)14-3-5-15(6-4-14)29-16-9-10-27(11-16)19-17(21)7-8-18(26-19)20(22,23)24/h3-8,12,16H,9-11H2,1-2H3,(H,25,28)/t12-,16?/m0/s1. The van der Waals surface area contributed by atoms with Crippen LogP contribution in [0.15, 0.2) is 36.4 Å². The average Bonchev–Trinajstić information content (AvgIpc) is 3.09. The molecule has 1 aliphatic heterocycles. The summed E-state index contributed by atoms with van der Waals surface area (Å²) in [6.45, 7) is 3.88. The Kier molecular flexibility index (Phi) is 5.95. The van der Waals surface area contributed by atoms with Crippen molar-refractivity contribution in [1.29, 1.82) is 0 Å². The number of hydrogen-bond donors (Lipinski definition) is 1. The third-order valence-electron chi connectivity index (χ3n) is 4.67. The number of pyridine rings is 1. The first-order chi connectivity index (χ1) is 13.6. The maximum absolute atomic E-state index is 14.0. The van der Waals surface area contributed by atoms with E-state index in [0.29, 0.717) is 24.8 Å². The molecule has 1 aliphatic rings. The number of benzene rings is 1. The summed E-state index contributed by atoms with van der Waals surface area (Å²) >= 11 is 0. The average molecular weight is 411 g/mol. The van der Waals surface area contributed by atoms with E-state index in [9.17, 15) is 22.4 Å². The molecule has 1 aromatic heterocycles. The Hall–Kier alpha value is -2.84. The fourth-order valence-corrected chi connectivity index (χ4v) is 3.24. The van der Waals surface area contributed by atoms with Crippen LogP contribution in [0.1, 0.15) is 37.6 Å². The fraction of sp³-hybridized carbons (Fsp3) is 0.400. The lowest BCUT2D eigenvalue weighted by Crippen LogP contribution is -2.27. The van der Waals surface area contributed by atoms with Gasteiger partial charge in [-0.3, -0.25) is 4.79 Å². The molecular formula is C20H21F4N3O2. The van der Waals surface area contributed by atoms with E-state index in [1.165, 1.54) is 11.8 Å². The Bertz CT molecular complexity index is 871. The van der Waals surface area contributed by atoms with Gasteiger partial charge in [-0.2, -0.15) is 13.2 Å². The first-order valence-corrected chi connectivity index (χ1v) is 9.16. The number of hydrogen-bond acceptors (Lipinski definition) is 4. The summed E-state index contributed by atoms with van der Waals surface area (Å²) in [6, 6.07) is 8.46. The summed E-state index contributed by atoms with van der Waals surface area (Å²) in [5.41, 5.74) is -0.210. The number of amides is 1. The molecule has 29 heavy (non-hydrogen) atoms. The summed E-state index contributed by atoms with van der Waals surface area (Å²) in [6.07, 6.45) is -4.40. The molecule has 3 rings (SSSR count). The second-order valence-electron chi connectivity index (χ2n) is 6.97. The first kappa shape index (κ1) is 20.9. The van der Waals surface area contributed by atoms with Gasteiger partial charge in [0.05, 0.1) is 12.6 Å². The summed E-state index contributed by atoms with van der Waals surface area (Å²) in [4.78, 5) is 16.1. The van der Waals surface area contributed by atoms with Crippen LogP contribution in [-0.2, 0) is 11.0 Å². The number of carbonyl (C=O) groups is 1. The summed E-state index contributed by atoms with van der Waals surface area (Å²) in [7, 11) is 0. The van der Waals surface area contributed by atoms with E-state index in [1.54, 1.807) is 12.1 Å². The van der Waals surface area contributed by atoms with E-state index >= 15 is 0 Å². The Morgan fingerprint density at radius 2 is 1.93 bits per heavy atom. The fourth-order valence-electron chi connectivity index (χ4n) is 3.24. The SMILES string of the molecule is CC(=O)N[C@@H](C)c1ccc(OC2CCN(c3nc(C(F)(F)F)ccc3F)C2)cc1. The number of carbonyl (C=O) groups excluding carboxylic acids is 1. The minimum Gasteiger partial charge on any atom is -0.489 e. The van der Waals surface area contributed by atoms with E-state index in [0.717, 1.165) is 11.6 Å². The smallest absolute Gasteiger partial charge is 0.433 e. The van der Waals surface area contributed by atoms with Crippen LogP contribution in [0.3, 0.4) is 0 Å². The summed E-state index contributed by atoms with van der Waals surface area (Å²) in [5, 5.41) is 2.79. The molecule has 2 atom stereocenters. The van der Waals surface area contributed by atoms with E-state index in [2.05, 4.69) is 10.3 Å². The van der Waals surface area contributed by atoms with Crippen molar-refractivity contribution in [2.75, 3.05) is 18.0 Å². The summed E-state index contributed by atoms with van der Waals surface area (Å²) in [5.74, 6) is -0.646. The maximum atomic E-state index is 14.0. The van der Waals surface area contributed by atoms with Gasteiger partial charge in [-0.15, -0.1) is 0 Å². The normalized spacial score (nSPS) is 17.9. The van der Waals surface area contributed by atoms with Gasteiger partial charge in [-0.05, 0) is 36.8 Å². The molecule has 1 fully saturated rings. The number of ether oxygens (including phenoxy) is 1. The molecule has 0 bridgehead atoms. The van der Waals surface area contributed by atoms with Crippen LogP contribution >= 0.6 is 0 Å². The molecule has 2 aromatic rings. The van der Waals surface area contributed by atoms with Gasteiger partial charge < -0.3 is 15.0 Å². The molecule has 0 spiro atoms. The van der Waals surface area contributed by atoms with Crippen molar-refractivity contribution in [2.45, 2.75) is 38.6 Å². The number of halogens is 4. The predicted octanol–water partition coefficient (Wildman–Crippen LogP) is 4.09. The molecule has 5 nitrogen and oxygen atoms in total. The van der Waals surface area contributed by atoms with Crippen LogP contribution in [-0.4, -0.2) is 30.1 Å². The molecule has 2 heterocycles. The lowest BCUT2D eigenvalue weighted by atomic mass is 10.1. The van der Waals surface area contributed by atoms with Crippen LogP contribution < -0.4 is 15.0 Å². The molecular weight excluding hydrogens is 390 g/mol. The largest absolute Gasteiger partial charge is 0.489 e. The number of alkyl halides is 3. The number of rotatable bonds is 5. The van der Waals surface area contributed by atoms with E-state index in [-0.39, 0.29) is 30.4 Å². The highest BCUT2D eigenvalue weighted by Crippen LogP contribution is 2.31. The van der Waals surface area contributed by atoms with E-state index in [4.69, 9.17) is 4.74 Å². The van der Waals surface area contributed by atoms with Crippen molar-refractivity contribution in [3.63, 3.8) is 0 Å². The van der Waals surface area contributed by atoms with Crippen LogP contribution in [0.4, 0.5) is 23.4 Å². The predicted molar refractivity (Wildman–Crippen MR) is 99.1 cm³/mol. The molecule has 1 saturated heterocycles. The Morgan fingerprint density at radius 1 is 1.24 bits per heavy atom. The minimum atomic E-state index is -4.63. The van der Waals surface area contributed by atoms with Crippen LogP contribution in [0.2, 0.25) is 0 Å². The highest BCUT2D eigenvalue weighted by atomic mass is 19.4. The molecule has 1 aromatic carbocycles. The van der Waals surface area contributed by atoms with Gasteiger partial charge in [0.25, 0.3) is 0 Å². The molecule has 0 saturated carbocycles. The molecule has 156 valence electrons. The first-order valence-electron chi connectivity index (χ1n) is 9.16. The van der Waals surface area contributed by atoms with Crippen LogP contribution in [0.25, 0.3) is 0 Å². The van der Waals surface area contributed by atoms with Gasteiger partial charge in [0, 0.05) is 19.9 Å². The highest BCUT2D eigenvalue weighted by molar-refractivity contribution is 5.73. The van der Waals surface area contributed by atoms with Crippen LogP contribution in [0, 0.1) is 5.82 Å². The van der Waals surface area contributed by atoms with Crippen molar-refractivity contribution in [3.05, 3.63) is 53.5 Å². The topological polar surface area (TPSA) is 54.5 Å². The van der Waals surface area contributed by atoms with E-state index < -0.39 is 17.7 Å². The second kappa shape index (κ2) is 8.26. The number of nitrogens with zero attached hydrogens (tertiary/aromatic N) is 2. The second-order valence-corrected chi connectivity index (χ2v) is 6.97. The zero-order valence-corrected chi connectivity index (χ0v) is 16.0. The van der Waals surface area contributed by atoms with Crippen LogP contribution in [0.5, 0.6) is 5.75 Å². The number of anilines is 1. The van der Waals surface area contributed by atoms with Crippen molar-refractivity contribution in [1.82, 2.24) is 10.3 Å². The minimum absolute atomic E-state index is 0.126. The highest BCUT2D eigenvalue weighted by Gasteiger charge is 2.35. The van der Waals surface area contributed by atoms with Crippen molar-refractivity contribution < 1.29 is 27.1 Å². The molecule has 9 heteroatoms. The summed E-state index contributed by atoms with van der Waals surface area (Å²) < 4.78 is 58.5. The quantitative estimate of drug-likeness (QED) is 0.753. The Labute approximate surface area is 165 Å². The van der Waals surface area contributed by atoms with Gasteiger partial charge in [0.15, 0.2) is 11.6 Å². The monoisotopic (exact) mass is 411 g/mol. The zero-order valence-electron chi connectivity index (χ0n) is 16.0. The molecule has 0 radical (unpaired) electrons. The lowest BCUT2D eigenvalue weighted by molar-refractivity contribution is -0.141. The third kappa shape index (κ3) is 5.16. The third-order valence-corrected chi connectivity index (χ3v) is 4.67. The van der Waals surface area contributed by atoms with Gasteiger partial charge in [-0.25, -0.2) is 9.37 Å². The number of aromatic nitrogens is 1. The Morgan fingerprint density at radius 3 is 2.55 bits per heavy atom. The van der Waals surface area contributed by atoms with Gasteiger partial charge >= 0.3 is 6.18 Å². The van der Waals surface area contributed by atoms with Gasteiger partial charge in [0.1, 0.15) is 17.5 Å². The molecule has 0 aliphatic carbocycles. The molecule has 1 amide bonds. The Balaban J connectivity index is 1.64. The van der Waals surface area contributed by atoms with E-state index in [1.807, 2.05) is 19.1 Å².